The Kier molecular flexibility index (Phi) is 7.46. The SMILES string of the molecule is CC(C)C(N=Cc1cc[c-]cc1)C(C)C.[Li+]. The van der Waals surface area contributed by atoms with Gasteiger partial charge in [0.15, 0.2) is 0 Å². The van der Waals surface area contributed by atoms with E-state index in [1.807, 2.05) is 30.5 Å². The van der Waals surface area contributed by atoms with E-state index in [9.17, 15) is 0 Å². The maximum atomic E-state index is 4.65. The Balaban J connectivity index is 0.00000225. The molecule has 0 amide bonds. The standard InChI is InChI=1S/C14H20N.Li/c1-11(2)14(12(3)4)15-10-13-8-6-5-7-9-13;/h6-12,14H,1-4H3;/q-1;+1. The van der Waals surface area contributed by atoms with Crippen molar-refractivity contribution in [3.05, 3.63) is 35.9 Å². The number of aliphatic imine (C=N–C) groups is 1. The van der Waals surface area contributed by atoms with Crippen LogP contribution in [0.4, 0.5) is 0 Å². The Labute approximate surface area is 112 Å². The smallest absolute Gasteiger partial charge is 0.291 e. The van der Waals surface area contributed by atoms with Crippen molar-refractivity contribution < 1.29 is 18.9 Å². The molecule has 0 bridgehead atoms. The quantitative estimate of drug-likeness (QED) is 0.391. The fourth-order valence-corrected chi connectivity index (χ4v) is 1.77. The Bertz CT molecular complexity index is 296. The van der Waals surface area contributed by atoms with Gasteiger partial charge in [0, 0.05) is 6.21 Å². The van der Waals surface area contributed by atoms with Gasteiger partial charge in [-0.25, -0.2) is 0 Å². The van der Waals surface area contributed by atoms with Crippen LogP contribution in [0.2, 0.25) is 0 Å². The summed E-state index contributed by atoms with van der Waals surface area (Å²) in [4.78, 5) is 4.65. The van der Waals surface area contributed by atoms with E-state index in [1.54, 1.807) is 0 Å². The van der Waals surface area contributed by atoms with Gasteiger partial charge in [-0.05, 0) is 11.8 Å². The summed E-state index contributed by atoms with van der Waals surface area (Å²) in [6.07, 6.45) is 1.97. The predicted molar refractivity (Wildman–Crippen MR) is 66.3 cm³/mol. The zero-order chi connectivity index (χ0) is 11.3. The Morgan fingerprint density at radius 3 is 2.00 bits per heavy atom. The minimum absolute atomic E-state index is 0. The van der Waals surface area contributed by atoms with E-state index in [4.69, 9.17) is 0 Å². The largest absolute Gasteiger partial charge is 1.00 e. The molecule has 0 unspecified atom stereocenters. The molecule has 0 saturated heterocycles. The number of hydrogen-bond acceptors (Lipinski definition) is 1. The van der Waals surface area contributed by atoms with Crippen LogP contribution in [0.15, 0.2) is 29.3 Å². The van der Waals surface area contributed by atoms with E-state index in [1.165, 1.54) is 0 Å². The topological polar surface area (TPSA) is 12.4 Å². The summed E-state index contributed by atoms with van der Waals surface area (Å²) in [6, 6.07) is 11.3. The second-order valence-electron chi connectivity index (χ2n) is 4.59. The molecule has 1 rings (SSSR count). The van der Waals surface area contributed by atoms with Crippen LogP contribution >= 0.6 is 0 Å². The van der Waals surface area contributed by atoms with Gasteiger partial charge in [0.25, 0.3) is 0 Å². The molecule has 0 aliphatic rings. The molecular formula is C14H20LiN. The molecule has 0 radical (unpaired) electrons. The molecule has 0 spiro atoms. The summed E-state index contributed by atoms with van der Waals surface area (Å²) < 4.78 is 0. The van der Waals surface area contributed by atoms with Gasteiger partial charge in [-0.2, -0.15) is 30.3 Å². The van der Waals surface area contributed by atoms with Crippen molar-refractivity contribution in [2.24, 2.45) is 16.8 Å². The number of nitrogens with zero attached hydrogens (tertiary/aromatic N) is 1. The first kappa shape index (κ1) is 15.5. The number of benzene rings is 1. The van der Waals surface area contributed by atoms with Gasteiger partial charge in [-0.3, -0.25) is 4.99 Å². The molecule has 0 aliphatic heterocycles. The molecule has 0 aromatic heterocycles. The minimum atomic E-state index is 0. The first-order valence-electron chi connectivity index (χ1n) is 5.60. The van der Waals surface area contributed by atoms with Crippen molar-refractivity contribution in [1.29, 1.82) is 0 Å². The van der Waals surface area contributed by atoms with Crippen LogP contribution in [0.3, 0.4) is 0 Å². The van der Waals surface area contributed by atoms with Crippen LogP contribution in [-0.4, -0.2) is 12.3 Å². The van der Waals surface area contributed by atoms with E-state index in [-0.39, 0.29) is 18.9 Å². The summed E-state index contributed by atoms with van der Waals surface area (Å²) in [5.74, 6) is 1.19. The molecule has 1 aromatic carbocycles. The van der Waals surface area contributed by atoms with E-state index in [2.05, 4.69) is 38.8 Å². The fourth-order valence-electron chi connectivity index (χ4n) is 1.77. The van der Waals surface area contributed by atoms with Crippen LogP contribution in [0.25, 0.3) is 0 Å². The van der Waals surface area contributed by atoms with Gasteiger partial charge in [0.1, 0.15) is 0 Å². The predicted octanol–water partition coefficient (Wildman–Crippen LogP) is 0.590. The molecule has 0 atom stereocenters. The molecule has 2 heteroatoms. The van der Waals surface area contributed by atoms with Crippen LogP contribution in [0.5, 0.6) is 0 Å². The summed E-state index contributed by atoms with van der Waals surface area (Å²) in [5, 5.41) is 0. The van der Waals surface area contributed by atoms with Gasteiger partial charge < -0.3 is 0 Å². The fraction of sp³-hybridized carbons (Fsp3) is 0.500. The molecule has 0 saturated carbocycles. The molecule has 0 fully saturated rings. The third kappa shape index (κ3) is 5.01. The number of rotatable bonds is 4. The van der Waals surface area contributed by atoms with Crippen LogP contribution in [0.1, 0.15) is 33.3 Å². The van der Waals surface area contributed by atoms with Crippen molar-refractivity contribution in [2.75, 3.05) is 0 Å². The molecule has 0 heterocycles. The Morgan fingerprint density at radius 2 is 1.56 bits per heavy atom. The molecule has 0 aliphatic carbocycles. The normalized spacial score (nSPS) is 11.4. The van der Waals surface area contributed by atoms with Gasteiger partial charge >= 0.3 is 18.9 Å². The summed E-state index contributed by atoms with van der Waals surface area (Å²) in [6.45, 7) is 8.89. The van der Waals surface area contributed by atoms with E-state index >= 15 is 0 Å². The average Bonchev–Trinajstić information content (AvgIpc) is 2.18. The van der Waals surface area contributed by atoms with Crippen LogP contribution in [0, 0.1) is 17.9 Å². The summed E-state index contributed by atoms with van der Waals surface area (Å²) >= 11 is 0. The van der Waals surface area contributed by atoms with Crippen molar-refractivity contribution in [1.82, 2.24) is 0 Å². The van der Waals surface area contributed by atoms with Crippen molar-refractivity contribution in [3.8, 4) is 0 Å². The van der Waals surface area contributed by atoms with E-state index in [0.29, 0.717) is 17.9 Å². The minimum Gasteiger partial charge on any atom is -0.291 e. The van der Waals surface area contributed by atoms with Crippen LogP contribution in [-0.2, 0) is 0 Å². The molecule has 82 valence electrons. The maximum Gasteiger partial charge on any atom is 1.00 e. The third-order valence-electron chi connectivity index (χ3n) is 2.51. The Morgan fingerprint density at radius 1 is 1.06 bits per heavy atom. The van der Waals surface area contributed by atoms with Gasteiger partial charge in [-0.15, -0.1) is 5.56 Å². The van der Waals surface area contributed by atoms with Crippen molar-refractivity contribution in [3.63, 3.8) is 0 Å². The molecule has 1 aromatic rings. The average molecular weight is 209 g/mol. The van der Waals surface area contributed by atoms with E-state index in [0.717, 1.165) is 5.56 Å². The summed E-state index contributed by atoms with van der Waals surface area (Å²) in [5.41, 5.74) is 1.15. The van der Waals surface area contributed by atoms with Crippen molar-refractivity contribution >= 4 is 6.21 Å². The zero-order valence-electron chi connectivity index (χ0n) is 11.1. The molecular weight excluding hydrogens is 189 g/mol. The zero-order valence-corrected chi connectivity index (χ0v) is 11.1. The molecule has 16 heavy (non-hydrogen) atoms. The van der Waals surface area contributed by atoms with E-state index < -0.39 is 0 Å². The second kappa shape index (κ2) is 7.71. The van der Waals surface area contributed by atoms with Crippen molar-refractivity contribution in [2.45, 2.75) is 33.7 Å². The molecule has 1 nitrogen and oxygen atoms in total. The maximum absolute atomic E-state index is 4.65. The van der Waals surface area contributed by atoms with Crippen LogP contribution < -0.4 is 18.9 Å². The third-order valence-corrected chi connectivity index (χ3v) is 2.51. The summed E-state index contributed by atoms with van der Waals surface area (Å²) in [7, 11) is 0. The van der Waals surface area contributed by atoms with Gasteiger partial charge in [0.05, 0.1) is 6.04 Å². The monoisotopic (exact) mass is 209 g/mol. The van der Waals surface area contributed by atoms with Gasteiger partial charge in [0.2, 0.25) is 0 Å². The second-order valence-corrected chi connectivity index (χ2v) is 4.59. The number of hydrogen-bond donors (Lipinski definition) is 0. The Hall–Kier alpha value is -0.513. The first-order valence-corrected chi connectivity index (χ1v) is 5.60. The first-order chi connectivity index (χ1) is 7.11. The molecule has 0 N–H and O–H groups in total. The van der Waals surface area contributed by atoms with Gasteiger partial charge in [-0.1, -0.05) is 27.7 Å².